The number of nitrogens with one attached hydrogen (secondary N) is 1. The van der Waals surface area contributed by atoms with Crippen molar-refractivity contribution in [3.63, 3.8) is 0 Å². The van der Waals surface area contributed by atoms with E-state index in [1.165, 1.54) is 0 Å². The predicted octanol–water partition coefficient (Wildman–Crippen LogP) is 2.63. The van der Waals surface area contributed by atoms with Crippen LogP contribution in [-0.2, 0) is 13.0 Å². The molecule has 1 N–H and O–H groups in total. The summed E-state index contributed by atoms with van der Waals surface area (Å²) in [6.07, 6.45) is 8.60. The van der Waals surface area contributed by atoms with Crippen molar-refractivity contribution < 1.29 is 9.53 Å². The summed E-state index contributed by atoms with van der Waals surface area (Å²) >= 11 is 0. The second kappa shape index (κ2) is 8.16. The molecule has 8 nitrogen and oxygen atoms in total. The summed E-state index contributed by atoms with van der Waals surface area (Å²) < 4.78 is 8.25. The predicted molar refractivity (Wildman–Crippen MR) is 104 cm³/mol. The number of pyridine rings is 1. The molecule has 0 saturated carbocycles. The molecular weight excluding hydrogens is 356 g/mol. The van der Waals surface area contributed by atoms with Crippen molar-refractivity contribution in [2.75, 3.05) is 13.1 Å². The van der Waals surface area contributed by atoms with Crippen LogP contribution in [0.5, 0.6) is 5.75 Å². The molecule has 0 aliphatic carbocycles. The first-order valence-electron chi connectivity index (χ1n) is 10.2. The lowest BCUT2D eigenvalue weighted by Gasteiger charge is -2.33. The fraction of sp³-hybridized carbons (Fsp3) is 0.600. The van der Waals surface area contributed by atoms with Crippen LogP contribution < -0.4 is 10.1 Å². The van der Waals surface area contributed by atoms with E-state index in [9.17, 15) is 4.79 Å². The molecule has 2 aliphatic rings. The molecule has 0 aromatic carbocycles. The molecule has 0 bridgehead atoms. The molecule has 1 atom stereocenters. The lowest BCUT2D eigenvalue weighted by Crippen LogP contribution is -2.47. The molecule has 2 aromatic rings. The Labute approximate surface area is 165 Å². The summed E-state index contributed by atoms with van der Waals surface area (Å²) in [5, 5.41) is 11.7. The fourth-order valence-corrected chi connectivity index (χ4v) is 3.94. The summed E-state index contributed by atoms with van der Waals surface area (Å²) in [5.41, 5.74) is 1.04. The Balaban J connectivity index is 1.29. The average Bonchev–Trinajstić information content (AvgIpc) is 3.14. The van der Waals surface area contributed by atoms with Gasteiger partial charge in [-0.3, -0.25) is 4.98 Å². The number of hydrogen-bond donors (Lipinski definition) is 1. The standard InChI is InChI=1S/C20H28N6O2/c1-14-13-21-9-6-17(14)28-16-7-11-25(12-8-16)20(27)22-15(2)19-24-23-18-5-3-4-10-26(18)19/h6,9,13,15-16H,3-5,7-8,10-12H2,1-2H3,(H,22,27). The quantitative estimate of drug-likeness (QED) is 0.876. The Morgan fingerprint density at radius 3 is 2.86 bits per heavy atom. The lowest BCUT2D eigenvalue weighted by atomic mass is 10.1. The SMILES string of the molecule is Cc1cnccc1OC1CCN(C(=O)NC(C)c2nnc3n2CCCC3)CC1. The summed E-state index contributed by atoms with van der Waals surface area (Å²) in [5.74, 6) is 2.77. The Morgan fingerprint density at radius 1 is 1.25 bits per heavy atom. The van der Waals surface area contributed by atoms with E-state index in [1.54, 1.807) is 6.20 Å². The molecule has 0 radical (unpaired) electrons. The number of piperidine rings is 1. The van der Waals surface area contributed by atoms with Crippen molar-refractivity contribution in [2.45, 2.75) is 64.6 Å². The first-order valence-corrected chi connectivity index (χ1v) is 10.2. The van der Waals surface area contributed by atoms with Gasteiger partial charge < -0.3 is 19.5 Å². The summed E-state index contributed by atoms with van der Waals surface area (Å²) in [6, 6.07) is 1.70. The molecule has 28 heavy (non-hydrogen) atoms. The summed E-state index contributed by atoms with van der Waals surface area (Å²) in [6.45, 7) is 6.28. The van der Waals surface area contributed by atoms with E-state index >= 15 is 0 Å². The van der Waals surface area contributed by atoms with E-state index < -0.39 is 0 Å². The van der Waals surface area contributed by atoms with Crippen molar-refractivity contribution >= 4 is 6.03 Å². The topological polar surface area (TPSA) is 85.2 Å². The van der Waals surface area contributed by atoms with E-state index in [-0.39, 0.29) is 18.2 Å². The van der Waals surface area contributed by atoms with Crippen LogP contribution in [0, 0.1) is 6.92 Å². The molecule has 2 amide bonds. The Hall–Kier alpha value is -2.64. The van der Waals surface area contributed by atoms with Gasteiger partial charge in [0.25, 0.3) is 0 Å². The van der Waals surface area contributed by atoms with Crippen molar-refractivity contribution in [1.29, 1.82) is 0 Å². The highest BCUT2D eigenvalue weighted by Crippen LogP contribution is 2.22. The molecule has 150 valence electrons. The zero-order valence-corrected chi connectivity index (χ0v) is 16.6. The number of aryl methyl sites for hydroxylation is 2. The van der Waals surface area contributed by atoms with Gasteiger partial charge in [-0.1, -0.05) is 0 Å². The van der Waals surface area contributed by atoms with Gasteiger partial charge in [0, 0.05) is 56.9 Å². The zero-order chi connectivity index (χ0) is 19.5. The van der Waals surface area contributed by atoms with Gasteiger partial charge in [-0.15, -0.1) is 10.2 Å². The molecular formula is C20H28N6O2. The van der Waals surface area contributed by atoms with Gasteiger partial charge in [-0.2, -0.15) is 0 Å². The van der Waals surface area contributed by atoms with Crippen LogP contribution in [0.25, 0.3) is 0 Å². The highest BCUT2D eigenvalue weighted by atomic mass is 16.5. The average molecular weight is 384 g/mol. The molecule has 4 rings (SSSR count). The fourth-order valence-electron chi connectivity index (χ4n) is 3.94. The molecule has 1 unspecified atom stereocenters. The van der Waals surface area contributed by atoms with Crippen LogP contribution in [0.1, 0.15) is 55.9 Å². The van der Waals surface area contributed by atoms with Crippen LogP contribution in [0.15, 0.2) is 18.5 Å². The number of likely N-dealkylation sites (tertiary alicyclic amines) is 1. The lowest BCUT2D eigenvalue weighted by molar-refractivity contribution is 0.109. The maximum atomic E-state index is 12.7. The van der Waals surface area contributed by atoms with Crippen molar-refractivity contribution in [2.24, 2.45) is 0 Å². The van der Waals surface area contributed by atoms with Crippen LogP contribution in [0.3, 0.4) is 0 Å². The van der Waals surface area contributed by atoms with E-state index in [0.717, 1.165) is 61.6 Å². The highest BCUT2D eigenvalue weighted by Gasteiger charge is 2.27. The number of amides is 2. The minimum atomic E-state index is -0.153. The number of carbonyl (C=O) groups is 1. The second-order valence-electron chi connectivity index (χ2n) is 7.70. The van der Waals surface area contributed by atoms with Crippen LogP contribution in [0.2, 0.25) is 0 Å². The van der Waals surface area contributed by atoms with E-state index in [4.69, 9.17) is 4.74 Å². The van der Waals surface area contributed by atoms with E-state index in [1.807, 2.05) is 31.0 Å². The normalized spacial score (nSPS) is 18.4. The van der Waals surface area contributed by atoms with E-state index in [2.05, 4.69) is 25.1 Å². The number of hydrogen-bond acceptors (Lipinski definition) is 5. The van der Waals surface area contributed by atoms with Crippen molar-refractivity contribution in [3.05, 3.63) is 35.7 Å². The van der Waals surface area contributed by atoms with Gasteiger partial charge in [0.15, 0.2) is 5.82 Å². The number of urea groups is 1. The molecule has 2 aromatic heterocycles. The van der Waals surface area contributed by atoms with Crippen LogP contribution in [-0.4, -0.2) is 49.9 Å². The molecule has 4 heterocycles. The number of carbonyl (C=O) groups excluding carboxylic acids is 1. The monoisotopic (exact) mass is 384 g/mol. The Morgan fingerprint density at radius 2 is 2.07 bits per heavy atom. The largest absolute Gasteiger partial charge is 0.490 e. The van der Waals surface area contributed by atoms with Gasteiger partial charge in [0.1, 0.15) is 17.7 Å². The summed E-state index contributed by atoms with van der Waals surface area (Å²) in [7, 11) is 0. The number of rotatable bonds is 4. The van der Waals surface area contributed by atoms with Gasteiger partial charge in [0.2, 0.25) is 0 Å². The number of ether oxygens (including phenoxy) is 1. The number of fused-ring (bicyclic) bond motifs is 1. The van der Waals surface area contributed by atoms with Gasteiger partial charge in [-0.05, 0) is 32.8 Å². The maximum absolute atomic E-state index is 12.7. The third-order valence-electron chi connectivity index (χ3n) is 5.61. The van der Waals surface area contributed by atoms with Gasteiger partial charge in [-0.25, -0.2) is 4.79 Å². The van der Waals surface area contributed by atoms with Crippen molar-refractivity contribution in [3.8, 4) is 5.75 Å². The first-order chi connectivity index (χ1) is 13.6. The van der Waals surface area contributed by atoms with Crippen molar-refractivity contribution in [1.82, 2.24) is 30.0 Å². The van der Waals surface area contributed by atoms with Gasteiger partial charge >= 0.3 is 6.03 Å². The van der Waals surface area contributed by atoms with E-state index in [0.29, 0.717) is 13.1 Å². The Kier molecular flexibility index (Phi) is 5.45. The van der Waals surface area contributed by atoms with Gasteiger partial charge in [0.05, 0.1) is 6.04 Å². The second-order valence-corrected chi connectivity index (χ2v) is 7.70. The molecule has 1 saturated heterocycles. The summed E-state index contributed by atoms with van der Waals surface area (Å²) in [4.78, 5) is 18.7. The minimum absolute atomic E-state index is 0.0424. The molecule has 2 aliphatic heterocycles. The Bertz CT molecular complexity index is 828. The van der Waals surface area contributed by atoms with Crippen LogP contribution >= 0.6 is 0 Å². The zero-order valence-electron chi connectivity index (χ0n) is 16.6. The third kappa shape index (κ3) is 3.95. The maximum Gasteiger partial charge on any atom is 0.317 e. The smallest absolute Gasteiger partial charge is 0.317 e. The molecule has 1 fully saturated rings. The molecule has 0 spiro atoms. The number of nitrogens with zero attached hydrogens (tertiary/aromatic N) is 5. The third-order valence-corrected chi connectivity index (χ3v) is 5.61. The van der Waals surface area contributed by atoms with Crippen LogP contribution in [0.4, 0.5) is 4.79 Å². The molecule has 8 heteroatoms. The number of aromatic nitrogens is 4. The first kappa shape index (κ1) is 18.7. The highest BCUT2D eigenvalue weighted by molar-refractivity contribution is 5.74. The minimum Gasteiger partial charge on any atom is -0.490 e.